The standard InChI is InChI=1S/C11H12O4S/c1-7(11(12)13)5-16-8-2-3-9-10(4-8)15-6-14-9/h2-4,7H,5-6H2,1H3,(H,12,13). The predicted molar refractivity (Wildman–Crippen MR) is 60.1 cm³/mol. The summed E-state index contributed by atoms with van der Waals surface area (Å²) in [7, 11) is 0. The maximum Gasteiger partial charge on any atom is 0.307 e. The summed E-state index contributed by atoms with van der Waals surface area (Å²) in [5.41, 5.74) is 0. The molecule has 1 atom stereocenters. The molecule has 1 N–H and O–H groups in total. The minimum Gasteiger partial charge on any atom is -0.481 e. The summed E-state index contributed by atoms with van der Waals surface area (Å²) in [6, 6.07) is 5.63. The molecule has 0 saturated heterocycles. The van der Waals surface area contributed by atoms with Crippen LogP contribution >= 0.6 is 11.8 Å². The summed E-state index contributed by atoms with van der Waals surface area (Å²) < 4.78 is 10.4. The van der Waals surface area contributed by atoms with Gasteiger partial charge in [-0.2, -0.15) is 0 Å². The minimum absolute atomic E-state index is 0.259. The van der Waals surface area contributed by atoms with Crippen LogP contribution in [-0.2, 0) is 4.79 Å². The second kappa shape index (κ2) is 4.65. The third-order valence-corrected chi connectivity index (χ3v) is 3.52. The van der Waals surface area contributed by atoms with E-state index in [0.29, 0.717) is 5.75 Å². The summed E-state index contributed by atoms with van der Waals surface area (Å²) in [4.78, 5) is 11.6. The summed E-state index contributed by atoms with van der Waals surface area (Å²) in [5.74, 6) is 0.905. The predicted octanol–water partition coefficient (Wildman–Crippen LogP) is 2.23. The van der Waals surface area contributed by atoms with Gasteiger partial charge < -0.3 is 14.6 Å². The molecule has 0 fully saturated rings. The fourth-order valence-corrected chi connectivity index (χ4v) is 2.20. The molecule has 0 bridgehead atoms. The summed E-state index contributed by atoms with van der Waals surface area (Å²) in [5, 5.41) is 8.76. The molecule has 0 saturated carbocycles. The third kappa shape index (κ3) is 2.41. The van der Waals surface area contributed by atoms with E-state index in [2.05, 4.69) is 0 Å². The lowest BCUT2D eigenvalue weighted by Crippen LogP contribution is -2.11. The van der Waals surface area contributed by atoms with E-state index in [-0.39, 0.29) is 12.7 Å². The van der Waals surface area contributed by atoms with Gasteiger partial charge >= 0.3 is 5.97 Å². The van der Waals surface area contributed by atoms with Gasteiger partial charge in [-0.15, -0.1) is 11.8 Å². The Bertz CT molecular complexity index is 405. The molecule has 0 aromatic heterocycles. The molecule has 1 aromatic carbocycles. The van der Waals surface area contributed by atoms with Gasteiger partial charge in [0.25, 0.3) is 0 Å². The zero-order chi connectivity index (χ0) is 11.5. The smallest absolute Gasteiger partial charge is 0.307 e. The van der Waals surface area contributed by atoms with E-state index in [4.69, 9.17) is 14.6 Å². The van der Waals surface area contributed by atoms with E-state index >= 15 is 0 Å². The second-order valence-electron chi connectivity index (χ2n) is 3.57. The van der Waals surface area contributed by atoms with Crippen molar-refractivity contribution in [3.63, 3.8) is 0 Å². The first-order valence-corrected chi connectivity index (χ1v) is 5.90. The molecular formula is C11H12O4S. The maximum absolute atomic E-state index is 10.6. The van der Waals surface area contributed by atoms with Crippen molar-refractivity contribution in [2.24, 2.45) is 5.92 Å². The van der Waals surface area contributed by atoms with Gasteiger partial charge in [0.05, 0.1) is 5.92 Å². The number of carboxylic acid groups (broad SMARTS) is 1. The number of fused-ring (bicyclic) bond motifs is 1. The Labute approximate surface area is 97.6 Å². The monoisotopic (exact) mass is 240 g/mol. The molecule has 86 valence electrons. The fourth-order valence-electron chi connectivity index (χ4n) is 1.26. The van der Waals surface area contributed by atoms with Gasteiger partial charge in [-0.3, -0.25) is 4.79 Å². The van der Waals surface area contributed by atoms with E-state index in [0.717, 1.165) is 16.4 Å². The van der Waals surface area contributed by atoms with E-state index < -0.39 is 5.97 Å². The van der Waals surface area contributed by atoms with Crippen molar-refractivity contribution in [3.05, 3.63) is 18.2 Å². The average molecular weight is 240 g/mol. The largest absolute Gasteiger partial charge is 0.481 e. The van der Waals surface area contributed by atoms with Crippen LogP contribution in [0.1, 0.15) is 6.92 Å². The van der Waals surface area contributed by atoms with Gasteiger partial charge in [-0.25, -0.2) is 0 Å². The summed E-state index contributed by atoms with van der Waals surface area (Å²) >= 11 is 1.51. The Morgan fingerprint density at radius 1 is 1.50 bits per heavy atom. The van der Waals surface area contributed by atoms with Crippen LogP contribution < -0.4 is 9.47 Å². The maximum atomic E-state index is 10.6. The van der Waals surface area contributed by atoms with Crippen LogP contribution in [0.3, 0.4) is 0 Å². The van der Waals surface area contributed by atoms with Crippen molar-refractivity contribution in [2.75, 3.05) is 12.5 Å². The molecule has 2 rings (SSSR count). The van der Waals surface area contributed by atoms with Crippen molar-refractivity contribution < 1.29 is 19.4 Å². The van der Waals surface area contributed by atoms with Crippen LogP contribution in [0.2, 0.25) is 0 Å². The number of hydrogen-bond acceptors (Lipinski definition) is 4. The van der Waals surface area contributed by atoms with Gasteiger partial charge in [0.1, 0.15) is 0 Å². The number of benzene rings is 1. The number of carbonyl (C=O) groups is 1. The quantitative estimate of drug-likeness (QED) is 0.818. The van der Waals surface area contributed by atoms with Crippen LogP contribution in [0.4, 0.5) is 0 Å². The Hall–Kier alpha value is -1.36. The topological polar surface area (TPSA) is 55.8 Å². The zero-order valence-corrected chi connectivity index (χ0v) is 9.62. The molecule has 1 unspecified atom stereocenters. The number of aliphatic carboxylic acids is 1. The Balaban J connectivity index is 1.98. The number of rotatable bonds is 4. The van der Waals surface area contributed by atoms with Gasteiger partial charge in [0.2, 0.25) is 6.79 Å². The molecule has 0 aliphatic carbocycles. The van der Waals surface area contributed by atoms with Crippen molar-refractivity contribution in [1.82, 2.24) is 0 Å². The Kier molecular flexibility index (Phi) is 3.24. The molecule has 1 aliphatic rings. The SMILES string of the molecule is CC(CSc1ccc2c(c1)OCO2)C(=O)O. The number of ether oxygens (including phenoxy) is 2. The third-order valence-electron chi connectivity index (χ3n) is 2.27. The van der Waals surface area contributed by atoms with Crippen molar-refractivity contribution >= 4 is 17.7 Å². The van der Waals surface area contributed by atoms with Crippen LogP contribution in [-0.4, -0.2) is 23.6 Å². The van der Waals surface area contributed by atoms with Crippen LogP contribution in [0.5, 0.6) is 11.5 Å². The highest BCUT2D eigenvalue weighted by Crippen LogP contribution is 2.35. The first-order chi connectivity index (χ1) is 7.66. The number of carboxylic acids is 1. The van der Waals surface area contributed by atoms with Crippen molar-refractivity contribution in [1.29, 1.82) is 0 Å². The van der Waals surface area contributed by atoms with Gasteiger partial charge in [0.15, 0.2) is 11.5 Å². The molecular weight excluding hydrogens is 228 g/mol. The molecule has 0 spiro atoms. The second-order valence-corrected chi connectivity index (χ2v) is 4.66. The average Bonchev–Trinajstić information content (AvgIpc) is 2.72. The Morgan fingerprint density at radius 2 is 2.25 bits per heavy atom. The lowest BCUT2D eigenvalue weighted by atomic mass is 10.2. The Morgan fingerprint density at radius 3 is 3.00 bits per heavy atom. The molecule has 16 heavy (non-hydrogen) atoms. The van der Waals surface area contributed by atoms with E-state index in [9.17, 15) is 4.79 Å². The van der Waals surface area contributed by atoms with E-state index in [1.54, 1.807) is 6.92 Å². The highest BCUT2D eigenvalue weighted by molar-refractivity contribution is 7.99. The first-order valence-electron chi connectivity index (χ1n) is 4.92. The van der Waals surface area contributed by atoms with Crippen LogP contribution in [0.15, 0.2) is 23.1 Å². The number of hydrogen-bond donors (Lipinski definition) is 1. The summed E-state index contributed by atoms with van der Waals surface area (Å²) in [6.45, 7) is 1.96. The molecule has 5 heteroatoms. The molecule has 4 nitrogen and oxygen atoms in total. The highest BCUT2D eigenvalue weighted by Gasteiger charge is 2.15. The molecule has 0 radical (unpaired) electrons. The highest BCUT2D eigenvalue weighted by atomic mass is 32.2. The normalized spacial score (nSPS) is 14.8. The van der Waals surface area contributed by atoms with Gasteiger partial charge in [-0.05, 0) is 18.2 Å². The van der Waals surface area contributed by atoms with Crippen molar-refractivity contribution in [3.8, 4) is 11.5 Å². The lowest BCUT2D eigenvalue weighted by Gasteiger charge is -2.06. The molecule has 1 aromatic rings. The van der Waals surface area contributed by atoms with Gasteiger partial charge in [0, 0.05) is 10.6 Å². The zero-order valence-electron chi connectivity index (χ0n) is 8.80. The van der Waals surface area contributed by atoms with Crippen LogP contribution in [0, 0.1) is 5.92 Å². The lowest BCUT2D eigenvalue weighted by molar-refractivity contribution is -0.140. The van der Waals surface area contributed by atoms with Crippen LogP contribution in [0.25, 0.3) is 0 Å². The molecule has 0 amide bonds. The minimum atomic E-state index is -0.770. The summed E-state index contributed by atoms with van der Waals surface area (Å²) in [6.07, 6.45) is 0. The van der Waals surface area contributed by atoms with E-state index in [1.807, 2.05) is 18.2 Å². The van der Waals surface area contributed by atoms with E-state index in [1.165, 1.54) is 11.8 Å². The molecule has 1 heterocycles. The molecule has 1 aliphatic heterocycles. The first kappa shape index (κ1) is 11.1. The van der Waals surface area contributed by atoms with Gasteiger partial charge in [-0.1, -0.05) is 6.92 Å². The number of thioether (sulfide) groups is 1. The van der Waals surface area contributed by atoms with Crippen molar-refractivity contribution in [2.45, 2.75) is 11.8 Å². The fraction of sp³-hybridized carbons (Fsp3) is 0.364.